The second-order valence-corrected chi connectivity index (χ2v) is 8.48. The molecule has 1 spiro atoms. The van der Waals surface area contributed by atoms with Crippen LogP contribution in [-0.2, 0) is 6.54 Å². The number of piperazine rings is 1. The van der Waals surface area contributed by atoms with Gasteiger partial charge in [0.2, 0.25) is 0 Å². The highest BCUT2D eigenvalue weighted by Gasteiger charge is 2.43. The van der Waals surface area contributed by atoms with E-state index in [0.29, 0.717) is 5.69 Å². The van der Waals surface area contributed by atoms with Crippen molar-refractivity contribution in [1.29, 1.82) is 0 Å². The van der Waals surface area contributed by atoms with Crippen LogP contribution in [0, 0.1) is 0 Å². The molecule has 1 aromatic heterocycles. The number of nitrogens with zero attached hydrogens (tertiary/aromatic N) is 5. The Balaban J connectivity index is 1.70. The average molecular weight is 352 g/mol. The van der Waals surface area contributed by atoms with Gasteiger partial charge >= 0.3 is 0 Å². The van der Waals surface area contributed by atoms with Gasteiger partial charge < -0.3 is 14.7 Å². The molecule has 0 aliphatic carbocycles. The van der Waals surface area contributed by atoms with Crippen molar-refractivity contribution < 1.29 is 4.79 Å². The number of likely N-dealkylation sites (N-methyl/N-ethyl adjacent to an activating group) is 1. The maximum Gasteiger partial charge on any atom is 0.273 e. The van der Waals surface area contributed by atoms with E-state index in [4.69, 9.17) is 0 Å². The van der Waals surface area contributed by atoms with Gasteiger partial charge in [0.25, 0.3) is 5.91 Å². The molecular weight excluding hydrogens is 322 g/mol. The number of carbonyl (C=O) groups is 1. The van der Waals surface area contributed by atoms with Gasteiger partial charge in [-0.3, -0.25) is 9.69 Å². The van der Waals surface area contributed by atoms with Crippen molar-refractivity contribution >= 4 is 17.2 Å². The molecule has 0 unspecified atom stereocenters. The maximum absolute atomic E-state index is 12.9. The minimum atomic E-state index is 0.0997. The Morgan fingerprint density at radius 2 is 1.96 bits per heavy atom. The first-order valence-corrected chi connectivity index (χ1v) is 9.56. The molecule has 0 aromatic carbocycles. The van der Waals surface area contributed by atoms with E-state index in [1.165, 1.54) is 0 Å². The first-order valence-electron chi connectivity index (χ1n) is 8.68. The minimum absolute atomic E-state index is 0.0997. The largest absolute Gasteiger partial charge is 0.334 e. The summed E-state index contributed by atoms with van der Waals surface area (Å²) in [5.74, 6) is 0.0997. The fourth-order valence-electron chi connectivity index (χ4n) is 3.73. The first-order chi connectivity index (χ1) is 11.4. The molecule has 0 bridgehead atoms. The highest BCUT2D eigenvalue weighted by molar-refractivity contribution is 7.09. The lowest BCUT2D eigenvalue weighted by Gasteiger charge is -2.52. The molecule has 0 atom stereocenters. The predicted molar refractivity (Wildman–Crippen MR) is 97.5 cm³/mol. The summed E-state index contributed by atoms with van der Waals surface area (Å²) in [5, 5.41) is 2.92. The molecule has 2 fully saturated rings. The molecule has 0 radical (unpaired) electrons. The Hall–Kier alpha value is -1.02. The lowest BCUT2D eigenvalue weighted by molar-refractivity contribution is -0.0172. The third-order valence-corrected chi connectivity index (χ3v) is 6.26. The van der Waals surface area contributed by atoms with Gasteiger partial charge in [-0.25, -0.2) is 4.98 Å². The summed E-state index contributed by atoms with van der Waals surface area (Å²) in [6.45, 7) is 5.58. The predicted octanol–water partition coefficient (Wildman–Crippen LogP) is 1.06. The van der Waals surface area contributed by atoms with Crippen molar-refractivity contribution in [2.45, 2.75) is 24.9 Å². The average Bonchev–Trinajstić information content (AvgIpc) is 3.00. The van der Waals surface area contributed by atoms with Gasteiger partial charge in [0.1, 0.15) is 10.7 Å². The lowest BCUT2D eigenvalue weighted by atomic mass is 9.84. The van der Waals surface area contributed by atoms with E-state index in [1.54, 1.807) is 11.3 Å². The SMILES string of the molecule is CN(C)Cc1nc(C(=O)N2CCN(C)C3(CCN(C)CC3)C2)cs1. The summed E-state index contributed by atoms with van der Waals surface area (Å²) in [5.41, 5.74) is 0.757. The van der Waals surface area contributed by atoms with Crippen LogP contribution in [0.25, 0.3) is 0 Å². The zero-order chi connectivity index (χ0) is 17.3. The van der Waals surface area contributed by atoms with Gasteiger partial charge in [0.05, 0.1) is 0 Å². The third-order valence-electron chi connectivity index (χ3n) is 5.43. The summed E-state index contributed by atoms with van der Waals surface area (Å²) < 4.78 is 0. The fourth-order valence-corrected chi connectivity index (χ4v) is 4.61. The standard InChI is InChI=1S/C17H29N5OS/c1-19(2)11-15-18-14(12-24-15)16(23)22-10-9-21(4)17(13-22)5-7-20(3)8-6-17/h12H,5-11,13H2,1-4H3. The quantitative estimate of drug-likeness (QED) is 0.815. The molecule has 134 valence electrons. The summed E-state index contributed by atoms with van der Waals surface area (Å²) in [6.07, 6.45) is 2.26. The molecule has 24 heavy (non-hydrogen) atoms. The van der Waals surface area contributed by atoms with Crippen LogP contribution >= 0.6 is 11.3 Å². The number of piperidine rings is 1. The number of hydrogen-bond donors (Lipinski definition) is 0. The molecule has 3 rings (SSSR count). The number of likely N-dealkylation sites (tertiary alicyclic amines) is 1. The van der Waals surface area contributed by atoms with E-state index in [9.17, 15) is 4.79 Å². The van der Waals surface area contributed by atoms with Crippen LogP contribution < -0.4 is 0 Å². The zero-order valence-corrected chi connectivity index (χ0v) is 16.1. The molecule has 2 saturated heterocycles. The van der Waals surface area contributed by atoms with E-state index >= 15 is 0 Å². The molecule has 0 saturated carbocycles. The summed E-state index contributed by atoms with van der Waals surface area (Å²) in [4.78, 5) is 26.4. The Labute approximate surface area is 149 Å². The third kappa shape index (κ3) is 3.64. The van der Waals surface area contributed by atoms with E-state index < -0.39 is 0 Å². The van der Waals surface area contributed by atoms with Crippen LogP contribution in [0.1, 0.15) is 28.3 Å². The minimum Gasteiger partial charge on any atom is -0.334 e. The van der Waals surface area contributed by atoms with Crippen molar-refractivity contribution in [2.24, 2.45) is 0 Å². The van der Waals surface area contributed by atoms with E-state index in [0.717, 1.165) is 57.1 Å². The number of rotatable bonds is 3. The van der Waals surface area contributed by atoms with Crippen LogP contribution in [0.15, 0.2) is 5.38 Å². The van der Waals surface area contributed by atoms with Crippen LogP contribution in [0.2, 0.25) is 0 Å². The zero-order valence-electron chi connectivity index (χ0n) is 15.3. The molecule has 1 amide bonds. The Bertz CT molecular complexity index is 579. The molecule has 3 heterocycles. The van der Waals surface area contributed by atoms with Gasteiger partial charge in [0, 0.05) is 37.1 Å². The Morgan fingerprint density at radius 1 is 1.25 bits per heavy atom. The molecular formula is C17H29N5OS. The number of carbonyl (C=O) groups excluding carboxylic acids is 1. The van der Waals surface area contributed by atoms with Gasteiger partial charge in [-0.2, -0.15) is 0 Å². The molecule has 7 heteroatoms. The topological polar surface area (TPSA) is 42.9 Å². The van der Waals surface area contributed by atoms with Gasteiger partial charge in [-0.1, -0.05) is 0 Å². The Kier molecular flexibility index (Phi) is 5.24. The van der Waals surface area contributed by atoms with Crippen LogP contribution in [0.5, 0.6) is 0 Å². The molecule has 0 N–H and O–H groups in total. The fraction of sp³-hybridized carbons (Fsp3) is 0.765. The molecule has 1 aromatic rings. The van der Waals surface area contributed by atoms with Gasteiger partial charge in [-0.15, -0.1) is 11.3 Å². The summed E-state index contributed by atoms with van der Waals surface area (Å²) in [6, 6.07) is 0. The van der Waals surface area contributed by atoms with Crippen LogP contribution in [0.3, 0.4) is 0 Å². The van der Waals surface area contributed by atoms with E-state index in [2.05, 4.69) is 33.8 Å². The van der Waals surface area contributed by atoms with Crippen molar-refractivity contribution in [3.8, 4) is 0 Å². The molecule has 2 aliphatic heterocycles. The van der Waals surface area contributed by atoms with E-state index in [1.807, 2.05) is 24.4 Å². The van der Waals surface area contributed by atoms with Crippen LogP contribution in [0.4, 0.5) is 0 Å². The number of hydrogen-bond acceptors (Lipinski definition) is 6. The normalized spacial score (nSPS) is 22.5. The van der Waals surface area contributed by atoms with Gasteiger partial charge in [-0.05, 0) is 54.1 Å². The van der Waals surface area contributed by atoms with Crippen molar-refractivity contribution in [3.05, 3.63) is 16.1 Å². The monoisotopic (exact) mass is 351 g/mol. The first kappa shape index (κ1) is 17.8. The maximum atomic E-state index is 12.9. The smallest absolute Gasteiger partial charge is 0.273 e. The second-order valence-electron chi connectivity index (χ2n) is 7.54. The number of amides is 1. The summed E-state index contributed by atoms with van der Waals surface area (Å²) >= 11 is 1.58. The molecule has 6 nitrogen and oxygen atoms in total. The molecule has 2 aliphatic rings. The highest BCUT2D eigenvalue weighted by Crippen LogP contribution is 2.31. The number of thiazole rings is 1. The van der Waals surface area contributed by atoms with Crippen LogP contribution in [-0.4, -0.2) is 96.9 Å². The summed E-state index contributed by atoms with van der Waals surface area (Å²) in [7, 11) is 8.44. The van der Waals surface area contributed by atoms with Crippen molar-refractivity contribution in [3.63, 3.8) is 0 Å². The lowest BCUT2D eigenvalue weighted by Crippen LogP contribution is -2.65. The number of aromatic nitrogens is 1. The Morgan fingerprint density at radius 3 is 2.62 bits per heavy atom. The second kappa shape index (κ2) is 7.07. The van der Waals surface area contributed by atoms with Crippen molar-refractivity contribution in [1.82, 2.24) is 24.6 Å². The van der Waals surface area contributed by atoms with E-state index in [-0.39, 0.29) is 11.4 Å². The van der Waals surface area contributed by atoms with Crippen molar-refractivity contribution in [2.75, 3.05) is 60.9 Å². The highest BCUT2D eigenvalue weighted by atomic mass is 32.1. The van der Waals surface area contributed by atoms with Gasteiger partial charge in [0.15, 0.2) is 0 Å².